The first-order valence-electron chi connectivity index (χ1n) is 7.69. The zero-order chi connectivity index (χ0) is 17.9. The molecule has 0 atom stereocenters. The quantitative estimate of drug-likeness (QED) is 0.881. The van der Waals surface area contributed by atoms with Crippen molar-refractivity contribution in [3.63, 3.8) is 0 Å². The zero-order valence-electron chi connectivity index (χ0n) is 14.3. The summed E-state index contributed by atoms with van der Waals surface area (Å²) in [5, 5.41) is 6.08. The molecule has 6 nitrogen and oxygen atoms in total. The van der Waals surface area contributed by atoms with Crippen molar-refractivity contribution in [1.82, 2.24) is 9.78 Å². The maximum absolute atomic E-state index is 12.0. The van der Waals surface area contributed by atoms with Gasteiger partial charge in [0, 0.05) is 17.6 Å². The van der Waals surface area contributed by atoms with Gasteiger partial charge in [-0.25, -0.2) is 4.79 Å². The van der Waals surface area contributed by atoms with Gasteiger partial charge in [-0.15, -0.1) is 0 Å². The molecular weight excluding hydrogens is 330 g/mol. The van der Waals surface area contributed by atoms with E-state index in [0.29, 0.717) is 23.8 Å². The lowest BCUT2D eigenvalue weighted by Crippen LogP contribution is -2.27. The second-order valence-electron chi connectivity index (χ2n) is 6.62. The molecule has 0 radical (unpaired) electrons. The number of aryl methyl sites for hydroxylation is 3. The minimum atomic E-state index is -0.610. The van der Waals surface area contributed by atoms with Gasteiger partial charge in [0.25, 0.3) is 5.56 Å². The second-order valence-corrected chi connectivity index (χ2v) is 7.03. The van der Waals surface area contributed by atoms with Crippen LogP contribution in [0.15, 0.2) is 29.1 Å². The van der Waals surface area contributed by atoms with Crippen molar-refractivity contribution < 1.29 is 9.53 Å². The van der Waals surface area contributed by atoms with Gasteiger partial charge in [0.05, 0.1) is 0 Å². The maximum Gasteiger partial charge on any atom is 0.413 e. The molecule has 130 valence electrons. The lowest BCUT2D eigenvalue weighted by atomic mass is 10.1. The van der Waals surface area contributed by atoms with Gasteiger partial charge in [-0.3, -0.25) is 19.9 Å². The largest absolute Gasteiger partial charge is 0.444 e. The van der Waals surface area contributed by atoms with Crippen molar-refractivity contribution >= 4 is 23.5 Å². The van der Waals surface area contributed by atoms with Crippen molar-refractivity contribution in [2.75, 3.05) is 5.32 Å². The summed E-state index contributed by atoms with van der Waals surface area (Å²) in [6.45, 7) is 7.71. The van der Waals surface area contributed by atoms with Crippen molar-refractivity contribution in [1.29, 1.82) is 0 Å². The molecule has 7 heteroatoms. The summed E-state index contributed by atoms with van der Waals surface area (Å²) in [5.41, 5.74) is 1.23. The van der Waals surface area contributed by atoms with Crippen LogP contribution in [0.25, 0.3) is 0 Å². The Morgan fingerprint density at radius 1 is 1.33 bits per heavy atom. The summed E-state index contributed by atoms with van der Waals surface area (Å²) in [4.78, 5) is 23.7. The first kappa shape index (κ1) is 18.1. The van der Waals surface area contributed by atoms with Gasteiger partial charge in [-0.05, 0) is 51.3 Å². The Balaban J connectivity index is 1.99. The van der Waals surface area contributed by atoms with Crippen molar-refractivity contribution in [2.45, 2.75) is 46.3 Å². The van der Waals surface area contributed by atoms with E-state index in [1.807, 2.05) is 25.1 Å². The number of amides is 1. The molecule has 0 aliphatic heterocycles. The molecule has 1 aromatic carbocycles. The molecule has 1 heterocycles. The van der Waals surface area contributed by atoms with E-state index in [4.69, 9.17) is 16.3 Å². The number of aromatic amines is 1. The van der Waals surface area contributed by atoms with Crippen molar-refractivity contribution in [3.05, 3.63) is 50.8 Å². The van der Waals surface area contributed by atoms with Gasteiger partial charge < -0.3 is 4.74 Å². The molecule has 1 aromatic heterocycles. The first-order chi connectivity index (χ1) is 11.1. The third-order valence-corrected chi connectivity index (χ3v) is 3.69. The molecule has 0 saturated carbocycles. The molecule has 0 aliphatic carbocycles. The predicted octanol–water partition coefficient (Wildman–Crippen LogP) is 3.73. The van der Waals surface area contributed by atoms with Gasteiger partial charge in [-0.2, -0.15) is 0 Å². The highest BCUT2D eigenvalue weighted by molar-refractivity contribution is 6.31. The molecule has 0 spiro atoms. The molecule has 0 aliphatic rings. The van der Waals surface area contributed by atoms with Gasteiger partial charge in [0.15, 0.2) is 0 Å². The van der Waals surface area contributed by atoms with E-state index < -0.39 is 11.7 Å². The second kappa shape index (κ2) is 7.13. The fourth-order valence-corrected chi connectivity index (χ4v) is 2.31. The van der Waals surface area contributed by atoms with E-state index in [2.05, 4.69) is 10.4 Å². The molecule has 0 fully saturated rings. The zero-order valence-corrected chi connectivity index (χ0v) is 15.0. The highest BCUT2D eigenvalue weighted by Gasteiger charge is 2.17. The fraction of sp³-hybridized carbons (Fsp3) is 0.412. The molecule has 2 aromatic rings. The highest BCUT2D eigenvalue weighted by Crippen LogP contribution is 2.17. The molecule has 0 bridgehead atoms. The summed E-state index contributed by atoms with van der Waals surface area (Å²) < 4.78 is 6.58. The Bertz CT molecular complexity index is 787. The maximum atomic E-state index is 12.0. The van der Waals surface area contributed by atoms with Crippen LogP contribution in [0.5, 0.6) is 0 Å². The summed E-state index contributed by atoms with van der Waals surface area (Å²) in [5.74, 6) is 0.302. The monoisotopic (exact) mass is 351 g/mol. The van der Waals surface area contributed by atoms with Crippen LogP contribution in [0.2, 0.25) is 5.02 Å². The number of H-pyrrole nitrogens is 1. The number of halogens is 1. The van der Waals surface area contributed by atoms with E-state index in [1.165, 1.54) is 10.7 Å². The third kappa shape index (κ3) is 5.16. The number of hydrogen-bond acceptors (Lipinski definition) is 3. The van der Waals surface area contributed by atoms with E-state index >= 15 is 0 Å². The number of nitrogens with one attached hydrogen (secondary N) is 2. The minimum Gasteiger partial charge on any atom is -0.444 e. The lowest BCUT2D eigenvalue weighted by Gasteiger charge is -2.19. The van der Waals surface area contributed by atoms with Gasteiger partial charge in [-0.1, -0.05) is 23.7 Å². The summed E-state index contributed by atoms with van der Waals surface area (Å²) >= 11 is 6.10. The van der Waals surface area contributed by atoms with Crippen LogP contribution in [0.1, 0.15) is 31.9 Å². The molecule has 2 N–H and O–H groups in total. The number of benzene rings is 1. The van der Waals surface area contributed by atoms with Crippen molar-refractivity contribution in [3.8, 4) is 0 Å². The highest BCUT2D eigenvalue weighted by atomic mass is 35.5. The van der Waals surface area contributed by atoms with E-state index in [1.54, 1.807) is 20.8 Å². The first-order valence-corrected chi connectivity index (χ1v) is 8.07. The van der Waals surface area contributed by atoms with E-state index in [-0.39, 0.29) is 5.56 Å². The predicted molar refractivity (Wildman–Crippen MR) is 94.8 cm³/mol. The smallest absolute Gasteiger partial charge is 0.413 e. The minimum absolute atomic E-state index is 0.223. The standard InChI is InChI=1S/C17H22ClN3O3/c1-11-5-6-12(9-13(11)18)7-8-21-15(22)10-14(20-21)19-16(23)24-17(2,3)4/h5-6,9-10,20H,7-8H2,1-4H3,(H,19,23). The normalized spacial score (nSPS) is 11.4. The Morgan fingerprint density at radius 2 is 2.04 bits per heavy atom. The van der Waals surface area contributed by atoms with Crippen LogP contribution in [0.4, 0.5) is 10.6 Å². The Morgan fingerprint density at radius 3 is 2.67 bits per heavy atom. The van der Waals surface area contributed by atoms with E-state index in [0.717, 1.165) is 11.1 Å². The number of carbonyl (C=O) groups is 1. The average Bonchev–Trinajstić information content (AvgIpc) is 2.78. The Kier molecular flexibility index (Phi) is 5.39. The average molecular weight is 352 g/mol. The number of hydrogen-bond donors (Lipinski definition) is 2. The van der Waals surface area contributed by atoms with Gasteiger partial charge in [0.1, 0.15) is 11.4 Å². The van der Waals surface area contributed by atoms with Crippen LogP contribution in [-0.4, -0.2) is 21.5 Å². The Hall–Kier alpha value is -2.21. The SMILES string of the molecule is Cc1ccc(CCn2[nH]c(NC(=O)OC(C)(C)C)cc2=O)cc1Cl. The van der Waals surface area contributed by atoms with Crippen LogP contribution in [0.3, 0.4) is 0 Å². The number of carbonyl (C=O) groups excluding carboxylic acids is 1. The number of anilines is 1. The summed E-state index contributed by atoms with van der Waals surface area (Å²) in [6.07, 6.45) is 0.0352. The Labute approximate surface area is 145 Å². The topological polar surface area (TPSA) is 76.1 Å². The number of nitrogens with zero attached hydrogens (tertiary/aromatic N) is 1. The number of aromatic nitrogens is 2. The number of ether oxygens (including phenoxy) is 1. The van der Waals surface area contributed by atoms with Crippen LogP contribution >= 0.6 is 11.6 Å². The summed E-state index contributed by atoms with van der Waals surface area (Å²) in [6, 6.07) is 7.15. The molecule has 0 unspecified atom stereocenters. The number of rotatable bonds is 4. The van der Waals surface area contributed by atoms with Crippen LogP contribution in [0, 0.1) is 6.92 Å². The third-order valence-electron chi connectivity index (χ3n) is 3.29. The fourth-order valence-electron chi connectivity index (χ4n) is 2.11. The lowest BCUT2D eigenvalue weighted by molar-refractivity contribution is 0.0635. The molecule has 1 amide bonds. The summed E-state index contributed by atoms with van der Waals surface area (Å²) in [7, 11) is 0. The van der Waals surface area contributed by atoms with Gasteiger partial charge in [0.2, 0.25) is 0 Å². The molecular formula is C17H22ClN3O3. The van der Waals surface area contributed by atoms with Crippen LogP contribution < -0.4 is 10.9 Å². The molecule has 2 rings (SSSR count). The van der Waals surface area contributed by atoms with Crippen LogP contribution in [-0.2, 0) is 17.7 Å². The van der Waals surface area contributed by atoms with Crippen molar-refractivity contribution in [2.24, 2.45) is 0 Å². The molecule has 24 heavy (non-hydrogen) atoms. The molecule has 0 saturated heterocycles. The van der Waals surface area contributed by atoms with Gasteiger partial charge >= 0.3 is 6.09 Å². The van der Waals surface area contributed by atoms with E-state index in [9.17, 15) is 9.59 Å².